The Bertz CT molecular complexity index is 302. The monoisotopic (exact) mass is 201 g/mol. The molecular weight excluding hydrogens is 197 g/mol. The summed E-state index contributed by atoms with van der Waals surface area (Å²) >= 11 is 0. The Kier molecular flexibility index (Phi) is 2.05. The summed E-state index contributed by atoms with van der Waals surface area (Å²) in [5, 5.41) is 0. The summed E-state index contributed by atoms with van der Waals surface area (Å²) in [7, 11) is 0. The molecular formula is C6H4F5NO. The Morgan fingerprint density at radius 1 is 1.23 bits per heavy atom. The molecule has 1 rings (SSSR count). The third kappa shape index (κ3) is 1.63. The molecule has 0 atom stereocenters. The molecule has 0 unspecified atom stereocenters. The fourth-order valence-corrected chi connectivity index (χ4v) is 0.653. The number of oxazole rings is 1. The lowest BCUT2D eigenvalue weighted by atomic mass is 10.2. The van der Waals surface area contributed by atoms with Gasteiger partial charge in [-0.15, -0.1) is 0 Å². The van der Waals surface area contributed by atoms with Crippen LogP contribution in [0.25, 0.3) is 0 Å². The predicted octanol–water partition coefficient (Wildman–Crippen LogP) is 2.64. The number of hydrogen-bond donors (Lipinski definition) is 0. The molecule has 0 saturated heterocycles. The van der Waals surface area contributed by atoms with Crippen LogP contribution in [0.4, 0.5) is 22.0 Å². The van der Waals surface area contributed by atoms with Gasteiger partial charge in [0, 0.05) is 6.92 Å². The maximum Gasteiger partial charge on any atom is 0.459 e. The van der Waals surface area contributed by atoms with Crippen LogP contribution in [0.2, 0.25) is 0 Å². The van der Waals surface area contributed by atoms with E-state index in [1.54, 1.807) is 0 Å². The molecule has 0 bridgehead atoms. The maximum absolute atomic E-state index is 12.4. The molecule has 1 aromatic heterocycles. The molecule has 74 valence electrons. The lowest BCUT2D eigenvalue weighted by Gasteiger charge is -2.16. The lowest BCUT2D eigenvalue weighted by molar-refractivity contribution is -0.291. The Morgan fingerprint density at radius 2 is 1.77 bits per heavy atom. The second kappa shape index (κ2) is 2.68. The van der Waals surface area contributed by atoms with E-state index in [4.69, 9.17) is 0 Å². The van der Waals surface area contributed by atoms with Crippen molar-refractivity contribution in [2.45, 2.75) is 19.0 Å². The first-order valence-electron chi connectivity index (χ1n) is 3.12. The molecule has 0 amide bonds. The third-order valence-corrected chi connectivity index (χ3v) is 1.30. The summed E-state index contributed by atoms with van der Waals surface area (Å²) in [5.41, 5.74) is -1.42. The van der Waals surface area contributed by atoms with Crippen LogP contribution in [0.3, 0.4) is 0 Å². The highest BCUT2D eigenvalue weighted by Crippen LogP contribution is 2.43. The first-order valence-corrected chi connectivity index (χ1v) is 3.12. The first kappa shape index (κ1) is 9.94. The van der Waals surface area contributed by atoms with Gasteiger partial charge in [-0.1, -0.05) is 0 Å². The lowest BCUT2D eigenvalue weighted by Crippen LogP contribution is -2.33. The molecule has 0 fully saturated rings. The third-order valence-electron chi connectivity index (χ3n) is 1.30. The summed E-state index contributed by atoms with van der Waals surface area (Å²) in [6.07, 6.45) is -5.35. The maximum atomic E-state index is 12.4. The van der Waals surface area contributed by atoms with Gasteiger partial charge < -0.3 is 4.42 Å². The summed E-state index contributed by atoms with van der Waals surface area (Å²) in [4.78, 5) is 2.91. The van der Waals surface area contributed by atoms with Crippen LogP contribution in [0.5, 0.6) is 0 Å². The van der Waals surface area contributed by atoms with Crippen molar-refractivity contribution in [2.75, 3.05) is 0 Å². The standard InChI is InChI=1S/C6H4F5NO/c1-3-12-4(2-13-3)5(7,8)6(9,10)11/h2H,1H3. The van der Waals surface area contributed by atoms with Gasteiger partial charge in [0.25, 0.3) is 0 Å². The van der Waals surface area contributed by atoms with Gasteiger partial charge in [-0.3, -0.25) is 0 Å². The van der Waals surface area contributed by atoms with Crippen molar-refractivity contribution < 1.29 is 26.4 Å². The largest absolute Gasteiger partial charge is 0.459 e. The number of aromatic nitrogens is 1. The summed E-state index contributed by atoms with van der Waals surface area (Å²) in [6, 6.07) is 0. The van der Waals surface area contributed by atoms with Gasteiger partial charge in [-0.2, -0.15) is 22.0 Å². The smallest absolute Gasteiger partial charge is 0.449 e. The van der Waals surface area contributed by atoms with Crippen LogP contribution in [0, 0.1) is 6.92 Å². The van der Waals surface area contributed by atoms with E-state index in [2.05, 4.69) is 9.40 Å². The Balaban J connectivity index is 3.07. The Morgan fingerprint density at radius 3 is 2.08 bits per heavy atom. The molecule has 1 aromatic rings. The molecule has 0 spiro atoms. The zero-order valence-corrected chi connectivity index (χ0v) is 6.32. The number of aryl methyl sites for hydroxylation is 1. The van der Waals surface area contributed by atoms with Crippen molar-refractivity contribution >= 4 is 0 Å². The van der Waals surface area contributed by atoms with Gasteiger partial charge in [-0.05, 0) is 0 Å². The van der Waals surface area contributed by atoms with Gasteiger partial charge in [0.2, 0.25) is 0 Å². The van der Waals surface area contributed by atoms with Crippen LogP contribution >= 0.6 is 0 Å². The van der Waals surface area contributed by atoms with Crippen molar-refractivity contribution in [3.63, 3.8) is 0 Å². The molecule has 13 heavy (non-hydrogen) atoms. The highest BCUT2D eigenvalue weighted by Gasteiger charge is 2.60. The molecule has 0 saturated carbocycles. The van der Waals surface area contributed by atoms with Gasteiger partial charge in [-0.25, -0.2) is 4.98 Å². The van der Waals surface area contributed by atoms with Crippen molar-refractivity contribution in [3.8, 4) is 0 Å². The first-order chi connectivity index (χ1) is 5.75. The van der Waals surface area contributed by atoms with Crippen molar-refractivity contribution in [1.29, 1.82) is 0 Å². The van der Waals surface area contributed by atoms with E-state index in [1.165, 1.54) is 6.92 Å². The molecule has 7 heteroatoms. The second-order valence-electron chi connectivity index (χ2n) is 2.32. The van der Waals surface area contributed by atoms with Crippen LogP contribution in [0.1, 0.15) is 11.6 Å². The van der Waals surface area contributed by atoms with Crippen molar-refractivity contribution in [3.05, 3.63) is 17.8 Å². The van der Waals surface area contributed by atoms with E-state index in [1.807, 2.05) is 0 Å². The SMILES string of the molecule is Cc1nc(C(F)(F)C(F)(F)F)co1. The van der Waals surface area contributed by atoms with Crippen LogP contribution < -0.4 is 0 Å². The average Bonchev–Trinajstić information content (AvgIpc) is 2.33. The van der Waals surface area contributed by atoms with Crippen molar-refractivity contribution in [1.82, 2.24) is 4.98 Å². The fourth-order valence-electron chi connectivity index (χ4n) is 0.653. The Hall–Kier alpha value is -1.14. The zero-order valence-electron chi connectivity index (χ0n) is 6.32. The number of nitrogens with zero attached hydrogens (tertiary/aromatic N) is 1. The van der Waals surface area contributed by atoms with E-state index >= 15 is 0 Å². The highest BCUT2D eigenvalue weighted by atomic mass is 19.4. The van der Waals surface area contributed by atoms with Gasteiger partial charge in [0.05, 0.1) is 0 Å². The molecule has 0 aromatic carbocycles. The molecule has 0 aliphatic carbocycles. The summed E-state index contributed by atoms with van der Waals surface area (Å²) in [5.74, 6) is -5.19. The quantitative estimate of drug-likeness (QED) is 0.652. The molecule has 0 aliphatic rings. The number of halogens is 5. The summed E-state index contributed by atoms with van der Waals surface area (Å²) in [6.45, 7) is 1.18. The minimum absolute atomic E-state index is 0.237. The number of alkyl halides is 5. The van der Waals surface area contributed by atoms with E-state index in [9.17, 15) is 22.0 Å². The molecule has 1 heterocycles. The topological polar surface area (TPSA) is 26.0 Å². The predicted molar refractivity (Wildman–Crippen MR) is 31.2 cm³/mol. The van der Waals surface area contributed by atoms with Crippen LogP contribution in [-0.4, -0.2) is 11.2 Å². The molecule has 0 radical (unpaired) electrons. The minimum atomic E-state index is -5.64. The highest BCUT2D eigenvalue weighted by molar-refractivity contribution is 5.06. The fraction of sp³-hybridized carbons (Fsp3) is 0.500. The van der Waals surface area contributed by atoms with Gasteiger partial charge in [0.15, 0.2) is 11.6 Å². The van der Waals surface area contributed by atoms with E-state index in [0.29, 0.717) is 6.26 Å². The van der Waals surface area contributed by atoms with E-state index in [0.717, 1.165) is 0 Å². The van der Waals surface area contributed by atoms with Crippen LogP contribution in [0.15, 0.2) is 10.7 Å². The van der Waals surface area contributed by atoms with Gasteiger partial charge in [0.1, 0.15) is 6.26 Å². The van der Waals surface area contributed by atoms with Crippen molar-refractivity contribution in [2.24, 2.45) is 0 Å². The molecule has 0 N–H and O–H groups in total. The second-order valence-corrected chi connectivity index (χ2v) is 2.32. The van der Waals surface area contributed by atoms with E-state index < -0.39 is 17.8 Å². The van der Waals surface area contributed by atoms with Crippen LogP contribution in [-0.2, 0) is 5.92 Å². The Labute approximate surface area is 69.4 Å². The van der Waals surface area contributed by atoms with Gasteiger partial charge >= 0.3 is 12.1 Å². The molecule has 2 nitrogen and oxygen atoms in total. The number of hydrogen-bond acceptors (Lipinski definition) is 2. The normalized spacial score (nSPS) is 13.4. The number of rotatable bonds is 1. The van der Waals surface area contributed by atoms with E-state index in [-0.39, 0.29) is 5.89 Å². The minimum Gasteiger partial charge on any atom is -0.449 e. The average molecular weight is 201 g/mol. The zero-order chi connectivity index (χ0) is 10.3. The summed E-state index contributed by atoms with van der Waals surface area (Å²) < 4.78 is 64.2. The molecule has 0 aliphatic heterocycles.